The lowest BCUT2D eigenvalue weighted by molar-refractivity contribution is -0.140. The van der Waals surface area contributed by atoms with Crippen LogP contribution < -0.4 is 5.32 Å². The van der Waals surface area contributed by atoms with Gasteiger partial charge in [0.1, 0.15) is 5.82 Å². The molecule has 1 fully saturated rings. The van der Waals surface area contributed by atoms with Gasteiger partial charge >= 0.3 is 12.4 Å². The van der Waals surface area contributed by atoms with Gasteiger partial charge in [-0.15, -0.1) is 12.4 Å². The molecule has 11 heteroatoms. The third-order valence-corrected chi connectivity index (χ3v) is 4.31. The van der Waals surface area contributed by atoms with Crippen molar-refractivity contribution in [1.82, 2.24) is 10.2 Å². The Morgan fingerprint density at radius 2 is 1.65 bits per heavy atom. The molecule has 2 rings (SSSR count). The van der Waals surface area contributed by atoms with Crippen molar-refractivity contribution in [3.63, 3.8) is 0 Å². The second-order valence-corrected chi connectivity index (χ2v) is 6.22. The fraction of sp³-hybridized carbons (Fsp3) is 0.600. The number of nitrogens with zero attached hydrogens (tertiary/aromatic N) is 1. The molecule has 0 radical (unpaired) electrons. The molecular formula is C15H17Cl2F7N2. The van der Waals surface area contributed by atoms with Crippen molar-refractivity contribution in [3.05, 3.63) is 34.1 Å². The van der Waals surface area contributed by atoms with Crippen LogP contribution in [0.2, 0.25) is 5.02 Å². The maximum absolute atomic E-state index is 14.4. The second kappa shape index (κ2) is 8.95. The summed E-state index contributed by atoms with van der Waals surface area (Å²) in [5, 5.41) is 2.24. The standard InChI is InChI=1S/C15H16ClF7N2.ClH/c16-11-8-9(15(21,22)23)7-10(13(11)17)12(1-2-14(18,19)20)25-5-3-24-4-6-25;/h7-8,12,24H,1-6H2;1H/t12-;/m1./s1. The number of nitrogens with one attached hydrogen (secondary N) is 1. The van der Waals surface area contributed by atoms with Gasteiger partial charge in [-0.25, -0.2) is 4.39 Å². The van der Waals surface area contributed by atoms with Crippen molar-refractivity contribution in [2.45, 2.75) is 31.2 Å². The monoisotopic (exact) mass is 428 g/mol. The minimum atomic E-state index is -4.77. The molecule has 0 amide bonds. The molecule has 2 nitrogen and oxygen atoms in total. The van der Waals surface area contributed by atoms with Gasteiger partial charge in [0, 0.05) is 44.2 Å². The summed E-state index contributed by atoms with van der Waals surface area (Å²) < 4.78 is 91.1. The van der Waals surface area contributed by atoms with E-state index in [9.17, 15) is 30.7 Å². The first-order chi connectivity index (χ1) is 11.5. The third kappa shape index (κ3) is 6.14. The number of alkyl halides is 6. The van der Waals surface area contributed by atoms with Gasteiger partial charge < -0.3 is 5.32 Å². The summed E-state index contributed by atoms with van der Waals surface area (Å²) >= 11 is 5.57. The fourth-order valence-electron chi connectivity index (χ4n) is 2.85. The summed E-state index contributed by atoms with van der Waals surface area (Å²) in [6.07, 6.45) is -11.0. The van der Waals surface area contributed by atoms with E-state index < -0.39 is 53.2 Å². The van der Waals surface area contributed by atoms with Crippen LogP contribution in [0.15, 0.2) is 12.1 Å². The van der Waals surface area contributed by atoms with Gasteiger partial charge in [-0.1, -0.05) is 11.6 Å². The lowest BCUT2D eigenvalue weighted by atomic mass is 9.96. The Morgan fingerprint density at radius 3 is 2.15 bits per heavy atom. The lowest BCUT2D eigenvalue weighted by Crippen LogP contribution is -2.45. The van der Waals surface area contributed by atoms with Crippen molar-refractivity contribution in [3.8, 4) is 0 Å². The summed E-state index contributed by atoms with van der Waals surface area (Å²) in [5.74, 6) is -1.11. The Morgan fingerprint density at radius 1 is 1.08 bits per heavy atom. The average molecular weight is 429 g/mol. The summed E-state index contributed by atoms with van der Waals surface area (Å²) in [6.45, 7) is 1.51. The van der Waals surface area contributed by atoms with E-state index in [0.717, 1.165) is 0 Å². The Kier molecular flexibility index (Phi) is 8.01. The van der Waals surface area contributed by atoms with Crippen molar-refractivity contribution >= 4 is 24.0 Å². The first-order valence-electron chi connectivity index (χ1n) is 7.56. The molecule has 1 aliphatic rings. The van der Waals surface area contributed by atoms with E-state index in [0.29, 0.717) is 38.3 Å². The molecule has 1 atom stereocenters. The molecule has 150 valence electrons. The molecule has 1 aromatic rings. The molecule has 0 bridgehead atoms. The first-order valence-corrected chi connectivity index (χ1v) is 7.94. The number of benzene rings is 1. The SMILES string of the molecule is Cl.Fc1c(Cl)cc(C(F)(F)F)cc1[C@@H](CCC(F)(F)F)N1CCNCC1. The third-order valence-electron chi connectivity index (χ3n) is 4.04. The predicted octanol–water partition coefficient (Wildman–Crippen LogP) is 5.21. The highest BCUT2D eigenvalue weighted by molar-refractivity contribution is 6.30. The highest BCUT2D eigenvalue weighted by Crippen LogP contribution is 2.39. The molecule has 1 aromatic carbocycles. The Labute approximate surface area is 157 Å². The summed E-state index contributed by atoms with van der Waals surface area (Å²) in [6, 6.07) is -0.132. The van der Waals surface area contributed by atoms with Gasteiger partial charge in [-0.2, -0.15) is 26.3 Å². The second-order valence-electron chi connectivity index (χ2n) is 5.81. The minimum absolute atomic E-state index is 0. The smallest absolute Gasteiger partial charge is 0.314 e. The van der Waals surface area contributed by atoms with Crippen molar-refractivity contribution in [2.24, 2.45) is 0 Å². The van der Waals surface area contributed by atoms with Crippen LogP contribution in [-0.4, -0.2) is 37.3 Å². The van der Waals surface area contributed by atoms with E-state index in [4.69, 9.17) is 11.6 Å². The molecular weight excluding hydrogens is 412 g/mol. The lowest BCUT2D eigenvalue weighted by Gasteiger charge is -2.36. The molecule has 1 saturated heterocycles. The van der Waals surface area contributed by atoms with Gasteiger partial charge in [0.05, 0.1) is 10.6 Å². The Bertz CT molecular complexity index is 599. The van der Waals surface area contributed by atoms with Gasteiger partial charge in [-0.05, 0) is 18.6 Å². The zero-order chi connectivity index (χ0) is 18.8. The van der Waals surface area contributed by atoms with E-state index in [1.54, 1.807) is 4.90 Å². The highest BCUT2D eigenvalue weighted by Gasteiger charge is 2.36. The van der Waals surface area contributed by atoms with Crippen LogP contribution in [0, 0.1) is 5.82 Å². The molecule has 0 saturated carbocycles. The van der Waals surface area contributed by atoms with Gasteiger partial charge in [-0.3, -0.25) is 4.90 Å². The topological polar surface area (TPSA) is 15.3 Å². The highest BCUT2D eigenvalue weighted by atomic mass is 35.5. The maximum Gasteiger partial charge on any atom is 0.416 e. The van der Waals surface area contributed by atoms with Gasteiger partial charge in [0.2, 0.25) is 0 Å². The summed E-state index contributed by atoms with van der Waals surface area (Å²) in [5.41, 5.74) is -1.63. The van der Waals surface area contributed by atoms with Crippen LogP contribution in [-0.2, 0) is 6.18 Å². The number of hydrogen-bond acceptors (Lipinski definition) is 2. The van der Waals surface area contributed by atoms with Crippen LogP contribution in [0.4, 0.5) is 30.7 Å². The van der Waals surface area contributed by atoms with Crippen LogP contribution in [0.1, 0.15) is 30.0 Å². The molecule has 1 aliphatic heterocycles. The molecule has 0 spiro atoms. The molecule has 0 aliphatic carbocycles. The zero-order valence-electron chi connectivity index (χ0n) is 13.4. The van der Waals surface area contributed by atoms with Crippen molar-refractivity contribution in [1.29, 1.82) is 0 Å². The van der Waals surface area contributed by atoms with Crippen molar-refractivity contribution in [2.75, 3.05) is 26.2 Å². The summed E-state index contributed by atoms with van der Waals surface area (Å²) in [7, 11) is 0. The van der Waals surface area contributed by atoms with Crippen LogP contribution >= 0.6 is 24.0 Å². The normalized spacial score (nSPS) is 17.7. The minimum Gasteiger partial charge on any atom is -0.314 e. The Hall–Kier alpha value is -0.770. The largest absolute Gasteiger partial charge is 0.416 e. The van der Waals surface area contributed by atoms with Crippen LogP contribution in [0.5, 0.6) is 0 Å². The predicted molar refractivity (Wildman–Crippen MR) is 86.1 cm³/mol. The Balaban J connectivity index is 0.00000338. The number of rotatable bonds is 4. The summed E-state index contributed by atoms with van der Waals surface area (Å²) in [4.78, 5) is 1.55. The number of hydrogen-bond donors (Lipinski definition) is 1. The van der Waals surface area contributed by atoms with E-state index in [2.05, 4.69) is 5.32 Å². The van der Waals surface area contributed by atoms with E-state index in [1.165, 1.54) is 0 Å². The quantitative estimate of drug-likeness (QED) is 0.662. The van der Waals surface area contributed by atoms with Crippen LogP contribution in [0.25, 0.3) is 0 Å². The van der Waals surface area contributed by atoms with E-state index in [-0.39, 0.29) is 12.4 Å². The van der Waals surface area contributed by atoms with E-state index >= 15 is 0 Å². The van der Waals surface area contributed by atoms with Gasteiger partial charge in [0.15, 0.2) is 0 Å². The zero-order valence-corrected chi connectivity index (χ0v) is 14.9. The fourth-order valence-corrected chi connectivity index (χ4v) is 3.07. The number of halogens is 9. The molecule has 0 unspecified atom stereocenters. The van der Waals surface area contributed by atoms with Crippen molar-refractivity contribution < 1.29 is 30.7 Å². The number of piperazine rings is 1. The average Bonchev–Trinajstić information content (AvgIpc) is 2.50. The molecule has 1 N–H and O–H groups in total. The van der Waals surface area contributed by atoms with Gasteiger partial charge in [0.25, 0.3) is 0 Å². The molecule has 1 heterocycles. The molecule has 0 aromatic heterocycles. The first kappa shape index (κ1) is 23.3. The van der Waals surface area contributed by atoms with Crippen LogP contribution in [0.3, 0.4) is 0 Å². The van der Waals surface area contributed by atoms with E-state index in [1.807, 2.05) is 0 Å². The maximum atomic E-state index is 14.4. The molecule has 26 heavy (non-hydrogen) atoms.